The lowest BCUT2D eigenvalue weighted by molar-refractivity contribution is -0.120. The Morgan fingerprint density at radius 1 is 1.14 bits per heavy atom. The monoisotopic (exact) mass is 296 g/mol. The lowest BCUT2D eigenvalue weighted by Gasteiger charge is -2.16. The predicted octanol–water partition coefficient (Wildman–Crippen LogP) is -1.89. The molecule has 0 bridgehead atoms. The summed E-state index contributed by atoms with van der Waals surface area (Å²) in [5, 5.41) is 43.2. The van der Waals surface area contributed by atoms with Crippen LogP contribution in [-0.2, 0) is 11.2 Å². The van der Waals surface area contributed by atoms with Gasteiger partial charge in [-0.2, -0.15) is 0 Å². The molecule has 7 nitrogen and oxygen atoms in total. The molecular weight excluding hydrogens is 276 g/mol. The Kier molecular flexibility index (Phi) is 5.13. The molecule has 1 amide bonds. The molecular formula is C14H20N2O5. The van der Waals surface area contributed by atoms with E-state index in [1.165, 1.54) is 12.1 Å². The Morgan fingerprint density at radius 3 is 2.33 bits per heavy atom. The summed E-state index contributed by atoms with van der Waals surface area (Å²) in [5.41, 5.74) is 0.762. The van der Waals surface area contributed by atoms with E-state index >= 15 is 0 Å². The summed E-state index contributed by atoms with van der Waals surface area (Å²) >= 11 is 0. The number of phenolic OH excluding ortho intramolecular Hbond substituents is 1. The average molecular weight is 296 g/mol. The molecule has 1 aromatic carbocycles. The second-order valence-corrected chi connectivity index (χ2v) is 5.19. The normalized spacial score (nSPS) is 28.5. The molecule has 1 aliphatic heterocycles. The van der Waals surface area contributed by atoms with Crippen LogP contribution >= 0.6 is 0 Å². The van der Waals surface area contributed by atoms with Gasteiger partial charge in [0, 0.05) is 6.54 Å². The third-order valence-corrected chi connectivity index (χ3v) is 3.62. The van der Waals surface area contributed by atoms with Crippen molar-refractivity contribution in [3.63, 3.8) is 0 Å². The summed E-state index contributed by atoms with van der Waals surface area (Å²) in [6.45, 7) is -0.123. The zero-order valence-electron chi connectivity index (χ0n) is 11.4. The van der Waals surface area contributed by atoms with Gasteiger partial charge >= 0.3 is 0 Å². The average Bonchev–Trinajstić information content (AvgIpc) is 2.75. The van der Waals surface area contributed by atoms with Crippen molar-refractivity contribution in [3.8, 4) is 5.75 Å². The van der Waals surface area contributed by atoms with Crippen LogP contribution in [0.2, 0.25) is 0 Å². The maximum atomic E-state index is 11.8. The fraction of sp³-hybridized carbons (Fsp3) is 0.500. The molecule has 0 saturated carbocycles. The summed E-state index contributed by atoms with van der Waals surface area (Å²) in [6.07, 6.45) is -1.92. The molecule has 0 spiro atoms. The molecule has 1 aliphatic rings. The number of aliphatic hydroxyl groups is 3. The number of aliphatic hydroxyl groups excluding tert-OH is 3. The van der Waals surface area contributed by atoms with Gasteiger partial charge in [-0.05, 0) is 17.7 Å². The Labute approximate surface area is 122 Å². The van der Waals surface area contributed by atoms with Crippen molar-refractivity contribution in [2.45, 2.75) is 30.7 Å². The van der Waals surface area contributed by atoms with Crippen molar-refractivity contribution in [1.82, 2.24) is 10.6 Å². The molecule has 1 fully saturated rings. The van der Waals surface area contributed by atoms with Gasteiger partial charge in [-0.15, -0.1) is 0 Å². The first kappa shape index (κ1) is 15.7. The van der Waals surface area contributed by atoms with E-state index < -0.39 is 24.3 Å². The summed E-state index contributed by atoms with van der Waals surface area (Å²) in [7, 11) is 0. The van der Waals surface area contributed by atoms with Gasteiger partial charge < -0.3 is 31.1 Å². The van der Waals surface area contributed by atoms with Crippen molar-refractivity contribution in [3.05, 3.63) is 29.8 Å². The molecule has 6 N–H and O–H groups in total. The van der Waals surface area contributed by atoms with Crippen molar-refractivity contribution in [2.75, 3.05) is 13.2 Å². The molecule has 2 rings (SSSR count). The largest absolute Gasteiger partial charge is 0.508 e. The van der Waals surface area contributed by atoms with Crippen molar-refractivity contribution < 1.29 is 25.2 Å². The molecule has 4 atom stereocenters. The van der Waals surface area contributed by atoms with Gasteiger partial charge in [-0.25, -0.2) is 0 Å². The first-order valence-electron chi connectivity index (χ1n) is 6.79. The second-order valence-electron chi connectivity index (χ2n) is 5.19. The van der Waals surface area contributed by atoms with Crippen molar-refractivity contribution >= 4 is 5.91 Å². The van der Waals surface area contributed by atoms with Gasteiger partial charge in [-0.3, -0.25) is 4.79 Å². The van der Waals surface area contributed by atoms with E-state index in [0.717, 1.165) is 5.56 Å². The molecule has 1 aromatic rings. The summed E-state index contributed by atoms with van der Waals surface area (Å²) in [6, 6.07) is 5.24. The van der Waals surface area contributed by atoms with Crippen LogP contribution in [0.15, 0.2) is 24.3 Å². The van der Waals surface area contributed by atoms with Crippen LogP contribution in [0.5, 0.6) is 5.75 Å². The first-order valence-corrected chi connectivity index (χ1v) is 6.79. The van der Waals surface area contributed by atoms with E-state index in [-0.39, 0.29) is 31.2 Å². The smallest absolute Gasteiger partial charge is 0.224 e. The fourth-order valence-electron chi connectivity index (χ4n) is 2.37. The summed E-state index contributed by atoms with van der Waals surface area (Å²) < 4.78 is 0. The van der Waals surface area contributed by atoms with Gasteiger partial charge in [0.25, 0.3) is 0 Å². The maximum Gasteiger partial charge on any atom is 0.224 e. The van der Waals surface area contributed by atoms with Crippen LogP contribution in [0.3, 0.4) is 0 Å². The van der Waals surface area contributed by atoms with Crippen LogP contribution in [0.1, 0.15) is 5.56 Å². The quantitative estimate of drug-likeness (QED) is 0.378. The zero-order chi connectivity index (χ0) is 15.4. The van der Waals surface area contributed by atoms with Crippen LogP contribution in [0.25, 0.3) is 0 Å². The molecule has 1 saturated heterocycles. The standard InChI is InChI=1S/C14H20N2O5/c17-7-11-14(21)13(20)10(16-11)6-15-12(19)5-8-1-3-9(18)4-2-8/h1-4,10-11,13-14,16-18,20-21H,5-7H2,(H,15,19)/t10-,11+,13+,14-/m0/s1. The molecule has 0 unspecified atom stereocenters. The van der Waals surface area contributed by atoms with E-state index in [9.17, 15) is 15.0 Å². The number of carbonyl (C=O) groups is 1. The number of benzene rings is 1. The second kappa shape index (κ2) is 6.86. The highest BCUT2D eigenvalue weighted by Crippen LogP contribution is 2.14. The minimum Gasteiger partial charge on any atom is -0.508 e. The van der Waals surface area contributed by atoms with Gasteiger partial charge in [0.2, 0.25) is 5.91 Å². The Bertz CT molecular complexity index is 479. The highest BCUT2D eigenvalue weighted by molar-refractivity contribution is 5.78. The molecule has 0 aromatic heterocycles. The number of carbonyl (C=O) groups excluding carboxylic acids is 1. The highest BCUT2D eigenvalue weighted by Gasteiger charge is 2.40. The summed E-state index contributed by atoms with van der Waals surface area (Å²) in [5.74, 6) is -0.0851. The highest BCUT2D eigenvalue weighted by atomic mass is 16.3. The van der Waals surface area contributed by atoms with Crippen LogP contribution in [-0.4, -0.2) is 63.8 Å². The SMILES string of the molecule is O=C(Cc1ccc(O)cc1)NC[C@@H]1N[C@H](CO)[C@H](O)[C@@H]1O. The van der Waals surface area contributed by atoms with Crippen molar-refractivity contribution in [1.29, 1.82) is 0 Å². The van der Waals surface area contributed by atoms with Crippen LogP contribution < -0.4 is 10.6 Å². The molecule has 0 radical (unpaired) electrons. The van der Waals surface area contributed by atoms with Crippen molar-refractivity contribution in [2.24, 2.45) is 0 Å². The zero-order valence-corrected chi connectivity index (χ0v) is 11.4. The number of phenols is 1. The number of rotatable bonds is 5. The topological polar surface area (TPSA) is 122 Å². The lowest BCUT2D eigenvalue weighted by Crippen LogP contribution is -2.44. The van der Waals surface area contributed by atoms with E-state index in [1.807, 2.05) is 0 Å². The third kappa shape index (κ3) is 3.92. The number of amides is 1. The molecule has 116 valence electrons. The van der Waals surface area contributed by atoms with Gasteiger partial charge in [-0.1, -0.05) is 12.1 Å². The molecule has 7 heteroatoms. The van der Waals surface area contributed by atoms with Gasteiger partial charge in [0.05, 0.1) is 37.3 Å². The third-order valence-electron chi connectivity index (χ3n) is 3.62. The number of hydrogen-bond donors (Lipinski definition) is 6. The molecule has 0 aliphatic carbocycles. The number of nitrogens with one attached hydrogen (secondary N) is 2. The molecule has 21 heavy (non-hydrogen) atoms. The Balaban J connectivity index is 1.80. The Morgan fingerprint density at radius 2 is 1.76 bits per heavy atom. The van der Waals surface area contributed by atoms with E-state index in [0.29, 0.717) is 0 Å². The Hall–Kier alpha value is -1.67. The first-order chi connectivity index (χ1) is 10.0. The van der Waals surface area contributed by atoms with E-state index in [2.05, 4.69) is 10.6 Å². The van der Waals surface area contributed by atoms with Gasteiger partial charge in [0.1, 0.15) is 5.75 Å². The van der Waals surface area contributed by atoms with Crippen LogP contribution in [0, 0.1) is 0 Å². The fourth-order valence-corrected chi connectivity index (χ4v) is 2.37. The summed E-state index contributed by atoms with van der Waals surface area (Å²) in [4.78, 5) is 11.8. The van der Waals surface area contributed by atoms with E-state index in [1.54, 1.807) is 12.1 Å². The predicted molar refractivity (Wildman–Crippen MR) is 74.6 cm³/mol. The minimum atomic E-state index is -1.05. The van der Waals surface area contributed by atoms with E-state index in [4.69, 9.17) is 10.2 Å². The number of hydrogen-bond acceptors (Lipinski definition) is 6. The minimum absolute atomic E-state index is 0.140. The maximum absolute atomic E-state index is 11.8. The van der Waals surface area contributed by atoms with Gasteiger partial charge in [0.15, 0.2) is 0 Å². The molecule has 1 heterocycles. The number of aromatic hydroxyl groups is 1. The van der Waals surface area contributed by atoms with Crippen LogP contribution in [0.4, 0.5) is 0 Å². The lowest BCUT2D eigenvalue weighted by atomic mass is 10.1.